The lowest BCUT2D eigenvalue weighted by molar-refractivity contribution is -0.137. The maximum Gasteiger partial charge on any atom is 0.341 e. The van der Waals surface area contributed by atoms with Crippen LogP contribution in [0.4, 0.5) is 5.82 Å². The Kier molecular flexibility index (Phi) is 7.94. The number of anilines is 1. The third kappa shape index (κ3) is 5.13. The van der Waals surface area contributed by atoms with Crippen molar-refractivity contribution in [2.75, 3.05) is 24.7 Å². The Hall–Kier alpha value is -3.26. The Morgan fingerprint density at radius 3 is 2.47 bits per heavy atom. The van der Waals surface area contributed by atoms with Crippen LogP contribution in [-0.4, -0.2) is 42.0 Å². The molecule has 0 saturated heterocycles. The molecule has 2 heterocycles. The van der Waals surface area contributed by atoms with Crippen molar-refractivity contribution < 1.29 is 23.9 Å². The smallest absolute Gasteiger partial charge is 0.341 e. The first kappa shape index (κ1) is 23.4. The largest absolute Gasteiger partial charge is 0.463 e. The molecular weight excluding hydrogens is 428 g/mol. The Morgan fingerprint density at radius 2 is 1.78 bits per heavy atom. The van der Waals surface area contributed by atoms with Crippen molar-refractivity contribution in [1.82, 2.24) is 4.57 Å². The van der Waals surface area contributed by atoms with E-state index in [1.807, 2.05) is 40.0 Å². The molecular formula is C24H26N2O5S. The van der Waals surface area contributed by atoms with E-state index in [2.05, 4.69) is 0 Å². The molecule has 0 bridgehead atoms. The second kappa shape index (κ2) is 10.9. The van der Waals surface area contributed by atoms with Crippen LogP contribution in [0.1, 0.15) is 47.2 Å². The number of ether oxygens (including phenoxy) is 2. The maximum absolute atomic E-state index is 13.1. The van der Waals surface area contributed by atoms with E-state index in [4.69, 9.17) is 9.47 Å². The van der Waals surface area contributed by atoms with Crippen LogP contribution in [0.3, 0.4) is 0 Å². The molecule has 8 heteroatoms. The molecule has 0 atom stereocenters. The van der Waals surface area contributed by atoms with Gasteiger partial charge in [0.25, 0.3) is 0 Å². The molecule has 0 amide bonds. The van der Waals surface area contributed by atoms with Crippen LogP contribution >= 0.6 is 11.8 Å². The van der Waals surface area contributed by atoms with Crippen molar-refractivity contribution in [2.45, 2.75) is 27.3 Å². The number of aromatic nitrogens is 1. The van der Waals surface area contributed by atoms with Crippen molar-refractivity contribution in [3.8, 4) is 0 Å². The van der Waals surface area contributed by atoms with E-state index in [1.54, 1.807) is 37.5 Å². The zero-order valence-electron chi connectivity index (χ0n) is 18.4. The molecule has 168 valence electrons. The second-order valence-corrected chi connectivity index (χ2v) is 7.72. The standard InChI is InChI=1S/C24H26N2O5S/c1-4-30-21(27)11-14-32-16-17(3)25-12-13-26-20(22(28)18-9-7-6-8-10-18)15-19(23(25)26)24(29)31-5-2/h6-11,14-16H,4-5,12-13H2,1-3H3/b14-11-,17-16-. The molecule has 0 aliphatic carbocycles. The van der Waals surface area contributed by atoms with Gasteiger partial charge in [0.15, 0.2) is 0 Å². The SMILES string of the molecule is CCOC(=O)/C=C\S/C=C(/C)N1CCn2c(C(=O)c3ccccc3)cc(C(=O)OCC)c21. The highest BCUT2D eigenvalue weighted by atomic mass is 32.2. The minimum absolute atomic E-state index is 0.141. The first-order chi connectivity index (χ1) is 15.5. The monoisotopic (exact) mass is 454 g/mol. The highest BCUT2D eigenvalue weighted by Crippen LogP contribution is 2.35. The number of hydrogen-bond donors (Lipinski definition) is 0. The van der Waals surface area contributed by atoms with Crippen LogP contribution in [0.15, 0.2) is 59.0 Å². The molecule has 1 aromatic carbocycles. The van der Waals surface area contributed by atoms with Gasteiger partial charge in [-0.3, -0.25) is 4.79 Å². The fourth-order valence-corrected chi connectivity index (χ4v) is 4.07. The van der Waals surface area contributed by atoms with E-state index in [0.717, 1.165) is 5.70 Å². The summed E-state index contributed by atoms with van der Waals surface area (Å²) in [5.74, 6) is -0.350. The summed E-state index contributed by atoms with van der Waals surface area (Å²) in [6.07, 6.45) is 1.37. The van der Waals surface area contributed by atoms with Gasteiger partial charge < -0.3 is 18.9 Å². The topological polar surface area (TPSA) is 77.8 Å². The molecule has 3 rings (SSSR count). The maximum atomic E-state index is 13.1. The number of fused-ring (bicyclic) bond motifs is 1. The molecule has 0 N–H and O–H groups in total. The molecule has 0 fully saturated rings. The predicted molar refractivity (Wildman–Crippen MR) is 125 cm³/mol. The predicted octanol–water partition coefficient (Wildman–Crippen LogP) is 4.39. The van der Waals surface area contributed by atoms with Crippen LogP contribution in [0.5, 0.6) is 0 Å². The first-order valence-electron chi connectivity index (χ1n) is 10.4. The van der Waals surface area contributed by atoms with E-state index in [9.17, 15) is 14.4 Å². The fourth-order valence-electron chi connectivity index (χ4n) is 3.48. The summed E-state index contributed by atoms with van der Waals surface area (Å²) in [5.41, 5.74) is 2.26. The van der Waals surface area contributed by atoms with E-state index >= 15 is 0 Å². The molecule has 32 heavy (non-hydrogen) atoms. The Balaban J connectivity index is 1.91. The highest BCUT2D eigenvalue weighted by Gasteiger charge is 2.33. The number of rotatable bonds is 9. The summed E-state index contributed by atoms with van der Waals surface area (Å²) < 4.78 is 12.0. The molecule has 1 aliphatic rings. The van der Waals surface area contributed by atoms with Gasteiger partial charge in [-0.1, -0.05) is 30.3 Å². The van der Waals surface area contributed by atoms with Gasteiger partial charge in [0, 0.05) is 30.4 Å². The third-order valence-corrected chi connectivity index (χ3v) is 5.64. The molecule has 2 aromatic rings. The highest BCUT2D eigenvalue weighted by molar-refractivity contribution is 8.04. The Bertz CT molecular complexity index is 1060. The van der Waals surface area contributed by atoms with Gasteiger partial charge in [-0.05, 0) is 37.7 Å². The number of benzene rings is 1. The van der Waals surface area contributed by atoms with Gasteiger partial charge in [-0.25, -0.2) is 9.59 Å². The number of carbonyl (C=O) groups excluding carboxylic acids is 3. The molecule has 0 unspecified atom stereocenters. The average molecular weight is 455 g/mol. The lowest BCUT2D eigenvalue weighted by Crippen LogP contribution is -2.20. The van der Waals surface area contributed by atoms with E-state index in [0.29, 0.717) is 42.3 Å². The lowest BCUT2D eigenvalue weighted by Gasteiger charge is -2.19. The molecule has 0 saturated carbocycles. The summed E-state index contributed by atoms with van der Waals surface area (Å²) in [6, 6.07) is 10.6. The third-order valence-electron chi connectivity index (χ3n) is 4.87. The van der Waals surface area contributed by atoms with Gasteiger partial charge in [-0.15, -0.1) is 11.8 Å². The average Bonchev–Trinajstić information content (AvgIpc) is 3.38. The molecule has 7 nitrogen and oxygen atoms in total. The molecule has 0 spiro atoms. The summed E-state index contributed by atoms with van der Waals surface area (Å²) in [5, 5.41) is 3.53. The van der Waals surface area contributed by atoms with Gasteiger partial charge in [0.05, 0.1) is 18.9 Å². The number of thioether (sulfide) groups is 1. The zero-order chi connectivity index (χ0) is 23.1. The van der Waals surface area contributed by atoms with Crippen LogP contribution < -0.4 is 4.90 Å². The van der Waals surface area contributed by atoms with Crippen molar-refractivity contribution in [1.29, 1.82) is 0 Å². The number of hydrogen-bond acceptors (Lipinski definition) is 7. The normalized spacial score (nSPS) is 13.3. The zero-order valence-corrected chi connectivity index (χ0v) is 19.2. The number of carbonyl (C=O) groups is 3. The molecule has 0 radical (unpaired) electrons. The minimum atomic E-state index is -0.460. The first-order valence-corrected chi connectivity index (χ1v) is 11.4. The van der Waals surface area contributed by atoms with E-state index < -0.39 is 11.9 Å². The van der Waals surface area contributed by atoms with Crippen LogP contribution in [0.2, 0.25) is 0 Å². The lowest BCUT2D eigenvalue weighted by atomic mass is 10.1. The second-order valence-electron chi connectivity index (χ2n) is 6.94. The van der Waals surface area contributed by atoms with Crippen molar-refractivity contribution >= 4 is 35.3 Å². The van der Waals surface area contributed by atoms with Crippen LogP contribution in [0.25, 0.3) is 0 Å². The molecule has 1 aliphatic heterocycles. The van der Waals surface area contributed by atoms with Crippen molar-refractivity contribution in [3.63, 3.8) is 0 Å². The summed E-state index contributed by atoms with van der Waals surface area (Å²) in [6.45, 7) is 7.17. The van der Waals surface area contributed by atoms with Gasteiger partial charge >= 0.3 is 11.9 Å². The van der Waals surface area contributed by atoms with Crippen LogP contribution in [-0.2, 0) is 20.8 Å². The summed E-state index contributed by atoms with van der Waals surface area (Å²) in [7, 11) is 0. The van der Waals surface area contributed by atoms with Crippen molar-refractivity contribution in [2.24, 2.45) is 0 Å². The Labute approximate surface area is 191 Å². The quantitative estimate of drug-likeness (QED) is 0.316. The van der Waals surface area contributed by atoms with Gasteiger partial charge in [-0.2, -0.15) is 0 Å². The molecule has 1 aromatic heterocycles. The van der Waals surface area contributed by atoms with E-state index in [-0.39, 0.29) is 12.4 Å². The van der Waals surface area contributed by atoms with E-state index in [1.165, 1.54) is 17.8 Å². The number of ketones is 1. The van der Waals surface area contributed by atoms with Crippen molar-refractivity contribution in [3.05, 3.63) is 75.8 Å². The fraction of sp³-hybridized carbons (Fsp3) is 0.292. The number of allylic oxidation sites excluding steroid dienone is 1. The van der Waals surface area contributed by atoms with Gasteiger partial charge in [0.1, 0.15) is 11.4 Å². The number of esters is 2. The Morgan fingerprint density at radius 1 is 1.06 bits per heavy atom. The summed E-state index contributed by atoms with van der Waals surface area (Å²) in [4.78, 5) is 39.2. The number of nitrogens with zero attached hydrogens (tertiary/aromatic N) is 2. The van der Waals surface area contributed by atoms with Gasteiger partial charge in [0.2, 0.25) is 5.78 Å². The minimum Gasteiger partial charge on any atom is -0.463 e. The van der Waals surface area contributed by atoms with Crippen LogP contribution in [0, 0.1) is 0 Å². The summed E-state index contributed by atoms with van der Waals surface area (Å²) >= 11 is 1.33.